The lowest BCUT2D eigenvalue weighted by Gasteiger charge is -2.15. The molecule has 0 atom stereocenters. The summed E-state index contributed by atoms with van der Waals surface area (Å²) in [5.41, 5.74) is 1.07. The minimum absolute atomic E-state index is 0.109. The Bertz CT molecular complexity index is 1160. The number of carbonyl (C=O) groups is 2. The zero-order valence-corrected chi connectivity index (χ0v) is 17.6. The van der Waals surface area contributed by atoms with Crippen molar-refractivity contribution in [2.24, 2.45) is 0 Å². The molecular formula is C22H15BrF4N2O2. The maximum Gasteiger partial charge on any atom is 0.471 e. The molecule has 3 aromatic carbocycles. The van der Waals surface area contributed by atoms with Gasteiger partial charge in [-0.2, -0.15) is 13.2 Å². The van der Waals surface area contributed by atoms with Crippen LogP contribution in [-0.4, -0.2) is 17.9 Å². The molecule has 160 valence electrons. The second-order valence-electron chi connectivity index (χ2n) is 6.61. The van der Waals surface area contributed by atoms with Crippen molar-refractivity contribution in [2.45, 2.75) is 13.1 Å². The maximum absolute atomic E-state index is 14.7. The Morgan fingerprint density at radius 3 is 2.26 bits per heavy atom. The lowest BCUT2D eigenvalue weighted by molar-refractivity contribution is -0.167. The second-order valence-corrected chi connectivity index (χ2v) is 7.52. The predicted molar refractivity (Wildman–Crippen MR) is 113 cm³/mol. The minimum atomic E-state index is -5.07. The van der Waals surface area contributed by atoms with Crippen molar-refractivity contribution in [3.8, 4) is 0 Å². The maximum atomic E-state index is 14.7. The van der Waals surface area contributed by atoms with Gasteiger partial charge < -0.3 is 10.6 Å². The highest BCUT2D eigenvalue weighted by Crippen LogP contribution is 2.31. The van der Waals surface area contributed by atoms with Gasteiger partial charge in [0.1, 0.15) is 5.82 Å². The summed E-state index contributed by atoms with van der Waals surface area (Å²) in [5, 5.41) is 4.54. The van der Waals surface area contributed by atoms with Crippen molar-refractivity contribution >= 4 is 44.7 Å². The van der Waals surface area contributed by atoms with E-state index in [4.69, 9.17) is 0 Å². The molecule has 0 aromatic heterocycles. The number of nitrogens with one attached hydrogen (secondary N) is 2. The smallest absolute Gasteiger partial charge is 0.354 e. The summed E-state index contributed by atoms with van der Waals surface area (Å²) < 4.78 is 52.9. The number of hydrogen-bond acceptors (Lipinski definition) is 3. The fraction of sp³-hybridized carbons (Fsp3) is 0.0909. The molecule has 1 amide bonds. The number of amides is 1. The van der Waals surface area contributed by atoms with Crippen molar-refractivity contribution in [2.75, 3.05) is 10.6 Å². The van der Waals surface area contributed by atoms with Crippen LogP contribution in [-0.2, 0) is 4.79 Å². The topological polar surface area (TPSA) is 58.2 Å². The van der Waals surface area contributed by atoms with Crippen molar-refractivity contribution in [1.82, 2.24) is 0 Å². The van der Waals surface area contributed by atoms with Gasteiger partial charge in [-0.3, -0.25) is 9.59 Å². The summed E-state index contributed by atoms with van der Waals surface area (Å²) in [5.74, 6) is -3.42. The van der Waals surface area contributed by atoms with Gasteiger partial charge in [-0.15, -0.1) is 0 Å². The van der Waals surface area contributed by atoms with Crippen LogP contribution < -0.4 is 10.6 Å². The number of carbonyl (C=O) groups excluding carboxylic acids is 2. The van der Waals surface area contributed by atoms with Crippen LogP contribution in [0.4, 0.5) is 34.6 Å². The van der Waals surface area contributed by atoms with Crippen molar-refractivity contribution in [1.29, 1.82) is 0 Å². The Labute approximate surface area is 183 Å². The average Bonchev–Trinajstić information content (AvgIpc) is 2.69. The van der Waals surface area contributed by atoms with Crippen LogP contribution >= 0.6 is 15.9 Å². The van der Waals surface area contributed by atoms with E-state index < -0.39 is 23.7 Å². The molecule has 3 rings (SSSR count). The number of hydrogen-bond donors (Lipinski definition) is 2. The van der Waals surface area contributed by atoms with Crippen LogP contribution in [0.25, 0.3) is 0 Å². The van der Waals surface area contributed by atoms with E-state index in [1.165, 1.54) is 30.3 Å². The van der Waals surface area contributed by atoms with E-state index in [-0.39, 0.29) is 22.6 Å². The largest absolute Gasteiger partial charge is 0.471 e. The lowest BCUT2D eigenvalue weighted by Crippen LogP contribution is -2.30. The van der Waals surface area contributed by atoms with Gasteiger partial charge in [0.15, 0.2) is 5.78 Å². The van der Waals surface area contributed by atoms with Crippen LogP contribution in [0.5, 0.6) is 0 Å². The SMILES string of the molecule is Cc1ccccc1C(=O)c1ccc(Nc2ccc(Br)cc2NC(=O)C(F)(F)F)cc1F. The molecule has 0 heterocycles. The van der Waals surface area contributed by atoms with Gasteiger partial charge in [-0.1, -0.05) is 40.2 Å². The molecule has 0 saturated heterocycles. The van der Waals surface area contributed by atoms with Crippen molar-refractivity contribution < 1.29 is 27.2 Å². The standard InChI is InChI=1S/C22H15BrF4N2O2/c1-12-4-2-3-5-15(12)20(30)16-8-7-14(11-17(16)24)28-18-9-6-13(23)10-19(18)29-21(31)22(25,26)27/h2-11,28H,1H3,(H,29,31). The molecular weight excluding hydrogens is 480 g/mol. The fourth-order valence-electron chi connectivity index (χ4n) is 2.83. The number of rotatable bonds is 5. The first-order valence-corrected chi connectivity index (χ1v) is 9.70. The van der Waals surface area contributed by atoms with E-state index in [1.54, 1.807) is 36.5 Å². The molecule has 31 heavy (non-hydrogen) atoms. The molecule has 0 fully saturated rings. The average molecular weight is 495 g/mol. The summed E-state index contributed by atoms with van der Waals surface area (Å²) in [6, 6.07) is 14.8. The van der Waals surface area contributed by atoms with Crippen LogP contribution in [0.1, 0.15) is 21.5 Å². The Morgan fingerprint density at radius 2 is 1.61 bits per heavy atom. The minimum Gasteiger partial charge on any atom is -0.354 e. The van der Waals surface area contributed by atoms with Crippen molar-refractivity contribution in [3.63, 3.8) is 0 Å². The van der Waals surface area contributed by atoms with Gasteiger partial charge in [0.2, 0.25) is 0 Å². The summed E-state index contributed by atoms with van der Waals surface area (Å²) in [4.78, 5) is 24.0. The van der Waals surface area contributed by atoms with Gasteiger partial charge >= 0.3 is 12.1 Å². The fourth-order valence-corrected chi connectivity index (χ4v) is 3.19. The van der Waals surface area contributed by atoms with Gasteiger partial charge in [0.25, 0.3) is 0 Å². The van der Waals surface area contributed by atoms with Crippen LogP contribution in [0.15, 0.2) is 65.1 Å². The molecule has 0 aliphatic heterocycles. The highest BCUT2D eigenvalue weighted by atomic mass is 79.9. The Kier molecular flexibility index (Phi) is 6.45. The Balaban J connectivity index is 1.88. The third kappa shape index (κ3) is 5.29. The van der Waals surface area contributed by atoms with Crippen LogP contribution in [0.3, 0.4) is 0 Å². The molecule has 9 heteroatoms. The highest BCUT2D eigenvalue weighted by molar-refractivity contribution is 9.10. The number of anilines is 3. The molecule has 0 saturated carbocycles. The normalized spacial score (nSPS) is 11.2. The molecule has 0 aliphatic rings. The Morgan fingerprint density at radius 1 is 0.903 bits per heavy atom. The summed E-state index contributed by atoms with van der Waals surface area (Å²) >= 11 is 3.13. The monoisotopic (exact) mass is 494 g/mol. The van der Waals surface area contributed by atoms with E-state index >= 15 is 0 Å². The zero-order valence-electron chi connectivity index (χ0n) is 16.0. The summed E-state index contributed by atoms with van der Waals surface area (Å²) in [7, 11) is 0. The van der Waals surface area contributed by atoms with Gasteiger partial charge in [0, 0.05) is 15.7 Å². The predicted octanol–water partition coefficient (Wildman–Crippen LogP) is 6.37. The van der Waals surface area contributed by atoms with Gasteiger partial charge in [-0.05, 0) is 48.9 Å². The number of aryl methyl sites for hydroxylation is 1. The number of alkyl halides is 3. The first kappa shape index (κ1) is 22.5. The second kappa shape index (κ2) is 8.89. The summed E-state index contributed by atoms with van der Waals surface area (Å²) in [6.45, 7) is 1.74. The number of halogens is 5. The third-order valence-corrected chi connectivity index (χ3v) is 4.86. The van der Waals surface area contributed by atoms with Crippen LogP contribution in [0.2, 0.25) is 0 Å². The molecule has 0 unspecified atom stereocenters. The van der Waals surface area contributed by atoms with E-state index in [1.807, 2.05) is 0 Å². The van der Waals surface area contributed by atoms with E-state index in [0.29, 0.717) is 15.6 Å². The molecule has 0 spiro atoms. The van der Waals surface area contributed by atoms with Gasteiger partial charge in [0.05, 0.1) is 16.9 Å². The third-order valence-electron chi connectivity index (χ3n) is 4.37. The molecule has 0 aliphatic carbocycles. The zero-order chi connectivity index (χ0) is 22.8. The van der Waals surface area contributed by atoms with E-state index in [0.717, 1.165) is 6.07 Å². The Hall–Kier alpha value is -3.20. The first-order chi connectivity index (χ1) is 14.6. The van der Waals surface area contributed by atoms with E-state index in [2.05, 4.69) is 21.2 Å². The molecule has 4 nitrogen and oxygen atoms in total. The highest BCUT2D eigenvalue weighted by Gasteiger charge is 2.39. The van der Waals surface area contributed by atoms with Crippen LogP contribution in [0, 0.1) is 12.7 Å². The van der Waals surface area contributed by atoms with Crippen molar-refractivity contribution in [3.05, 3.63) is 87.6 Å². The van der Waals surface area contributed by atoms with Gasteiger partial charge in [-0.25, -0.2) is 4.39 Å². The quantitative estimate of drug-likeness (QED) is 0.320. The first-order valence-electron chi connectivity index (χ1n) is 8.91. The molecule has 0 radical (unpaired) electrons. The van der Waals surface area contributed by atoms with E-state index in [9.17, 15) is 27.2 Å². The number of ketones is 1. The molecule has 0 bridgehead atoms. The number of benzene rings is 3. The lowest BCUT2D eigenvalue weighted by atomic mass is 9.98. The summed E-state index contributed by atoms with van der Waals surface area (Å²) in [6.07, 6.45) is -5.07. The molecule has 2 N–H and O–H groups in total. The molecule has 3 aromatic rings.